The molecule has 1 atom stereocenters. The van der Waals surface area contributed by atoms with Crippen LogP contribution in [-0.4, -0.2) is 13.2 Å². The molecule has 2 aliphatic rings. The molecule has 1 heterocycles. The fourth-order valence-electron chi connectivity index (χ4n) is 3.44. The van der Waals surface area contributed by atoms with E-state index >= 15 is 0 Å². The summed E-state index contributed by atoms with van der Waals surface area (Å²) in [5, 5.41) is 0. The van der Waals surface area contributed by atoms with E-state index in [2.05, 4.69) is 0 Å². The lowest BCUT2D eigenvalue weighted by Gasteiger charge is -2.30. The highest BCUT2D eigenvalue weighted by Crippen LogP contribution is 2.32. The standard InChI is InChI=1S/C15H28O/c1-2-5-9-14(10-6-3-1)15-11-7-4-8-12-16-13-15/h14-15H,1-13H2. The van der Waals surface area contributed by atoms with E-state index in [9.17, 15) is 0 Å². The molecule has 0 N–H and O–H groups in total. The van der Waals surface area contributed by atoms with Gasteiger partial charge in [-0.1, -0.05) is 57.8 Å². The van der Waals surface area contributed by atoms with Gasteiger partial charge in [-0.3, -0.25) is 0 Å². The summed E-state index contributed by atoms with van der Waals surface area (Å²) in [6, 6.07) is 0. The van der Waals surface area contributed by atoms with Crippen LogP contribution in [0.1, 0.15) is 70.6 Å². The predicted octanol–water partition coefficient (Wildman–Crippen LogP) is 4.55. The highest BCUT2D eigenvalue weighted by molar-refractivity contribution is 4.73. The number of hydrogen-bond donors (Lipinski definition) is 0. The van der Waals surface area contributed by atoms with Gasteiger partial charge >= 0.3 is 0 Å². The first kappa shape index (κ1) is 12.4. The van der Waals surface area contributed by atoms with Crippen molar-refractivity contribution in [3.63, 3.8) is 0 Å². The van der Waals surface area contributed by atoms with Crippen LogP contribution >= 0.6 is 0 Å². The largest absolute Gasteiger partial charge is 0.381 e. The Morgan fingerprint density at radius 2 is 1.12 bits per heavy atom. The van der Waals surface area contributed by atoms with Crippen LogP contribution in [0.5, 0.6) is 0 Å². The molecule has 1 saturated carbocycles. The third-order valence-electron chi connectivity index (χ3n) is 4.51. The maximum absolute atomic E-state index is 5.81. The molecular weight excluding hydrogens is 196 g/mol. The average Bonchev–Trinajstić information content (AvgIpc) is 2.18. The van der Waals surface area contributed by atoms with Gasteiger partial charge in [-0.25, -0.2) is 0 Å². The molecule has 0 spiro atoms. The molecular formula is C15H28O. The molecule has 0 bridgehead atoms. The second kappa shape index (κ2) is 7.32. The Balaban J connectivity index is 1.81. The summed E-state index contributed by atoms with van der Waals surface area (Å²) in [6.07, 6.45) is 15.9. The Bertz CT molecular complexity index is 142. The maximum atomic E-state index is 5.81. The summed E-state index contributed by atoms with van der Waals surface area (Å²) in [5.74, 6) is 1.87. The van der Waals surface area contributed by atoms with Gasteiger partial charge in [0.05, 0.1) is 0 Å². The van der Waals surface area contributed by atoms with Crippen LogP contribution in [0.2, 0.25) is 0 Å². The van der Waals surface area contributed by atoms with E-state index in [1.165, 1.54) is 70.6 Å². The van der Waals surface area contributed by atoms with E-state index in [0.717, 1.165) is 25.0 Å². The van der Waals surface area contributed by atoms with Gasteiger partial charge in [0.25, 0.3) is 0 Å². The minimum atomic E-state index is 0.887. The zero-order valence-electron chi connectivity index (χ0n) is 10.8. The first-order valence-corrected chi connectivity index (χ1v) is 7.54. The Hall–Kier alpha value is -0.0400. The Kier molecular flexibility index (Phi) is 5.68. The molecule has 2 rings (SSSR count). The van der Waals surface area contributed by atoms with Gasteiger partial charge in [-0.15, -0.1) is 0 Å². The van der Waals surface area contributed by atoms with Gasteiger partial charge in [0.1, 0.15) is 0 Å². The molecule has 0 aromatic heterocycles. The molecule has 0 aromatic carbocycles. The van der Waals surface area contributed by atoms with Crippen molar-refractivity contribution < 1.29 is 4.74 Å². The van der Waals surface area contributed by atoms with Gasteiger partial charge < -0.3 is 4.74 Å². The van der Waals surface area contributed by atoms with Crippen LogP contribution in [0, 0.1) is 11.8 Å². The molecule has 16 heavy (non-hydrogen) atoms. The Morgan fingerprint density at radius 1 is 0.562 bits per heavy atom. The van der Waals surface area contributed by atoms with Crippen molar-refractivity contribution in [3.05, 3.63) is 0 Å². The van der Waals surface area contributed by atoms with Crippen LogP contribution < -0.4 is 0 Å². The summed E-state index contributed by atoms with van der Waals surface area (Å²) >= 11 is 0. The second-order valence-electron chi connectivity index (χ2n) is 5.79. The van der Waals surface area contributed by atoms with E-state index in [1.807, 2.05) is 0 Å². The van der Waals surface area contributed by atoms with Gasteiger partial charge in [0, 0.05) is 13.2 Å². The van der Waals surface area contributed by atoms with Crippen molar-refractivity contribution in [1.82, 2.24) is 0 Å². The molecule has 1 aliphatic carbocycles. The van der Waals surface area contributed by atoms with Crippen molar-refractivity contribution in [2.45, 2.75) is 70.6 Å². The Morgan fingerprint density at radius 3 is 1.88 bits per heavy atom. The normalized spacial score (nSPS) is 31.1. The van der Waals surface area contributed by atoms with Crippen molar-refractivity contribution in [3.8, 4) is 0 Å². The van der Waals surface area contributed by atoms with Crippen LogP contribution in [-0.2, 0) is 4.74 Å². The lowest BCUT2D eigenvalue weighted by atomic mass is 9.79. The Labute approximate surface area is 101 Å². The molecule has 2 fully saturated rings. The molecule has 1 heteroatoms. The quantitative estimate of drug-likeness (QED) is 0.634. The number of rotatable bonds is 1. The molecule has 0 aromatic rings. The van der Waals surface area contributed by atoms with E-state index in [4.69, 9.17) is 4.74 Å². The predicted molar refractivity (Wildman–Crippen MR) is 68.6 cm³/mol. The monoisotopic (exact) mass is 224 g/mol. The van der Waals surface area contributed by atoms with Crippen molar-refractivity contribution in [1.29, 1.82) is 0 Å². The number of hydrogen-bond acceptors (Lipinski definition) is 1. The second-order valence-corrected chi connectivity index (χ2v) is 5.79. The van der Waals surface area contributed by atoms with Crippen LogP contribution in [0.4, 0.5) is 0 Å². The summed E-state index contributed by atoms with van der Waals surface area (Å²) in [7, 11) is 0. The lowest BCUT2D eigenvalue weighted by molar-refractivity contribution is 0.0514. The molecule has 94 valence electrons. The van der Waals surface area contributed by atoms with Crippen LogP contribution in [0.25, 0.3) is 0 Å². The third kappa shape index (κ3) is 4.08. The summed E-state index contributed by atoms with van der Waals surface area (Å²) in [6.45, 7) is 2.08. The van der Waals surface area contributed by atoms with E-state index in [1.54, 1.807) is 0 Å². The van der Waals surface area contributed by atoms with Gasteiger partial charge in [0.2, 0.25) is 0 Å². The first-order valence-electron chi connectivity index (χ1n) is 7.54. The van der Waals surface area contributed by atoms with E-state index in [0.29, 0.717) is 0 Å². The van der Waals surface area contributed by atoms with Gasteiger partial charge in [-0.05, 0) is 24.7 Å². The molecule has 1 aliphatic heterocycles. The lowest BCUT2D eigenvalue weighted by Crippen LogP contribution is -2.23. The third-order valence-corrected chi connectivity index (χ3v) is 4.51. The van der Waals surface area contributed by atoms with Gasteiger partial charge in [-0.2, -0.15) is 0 Å². The zero-order valence-corrected chi connectivity index (χ0v) is 10.8. The minimum Gasteiger partial charge on any atom is -0.381 e. The van der Waals surface area contributed by atoms with Crippen molar-refractivity contribution in [2.75, 3.05) is 13.2 Å². The van der Waals surface area contributed by atoms with Crippen molar-refractivity contribution in [2.24, 2.45) is 11.8 Å². The molecule has 0 radical (unpaired) electrons. The highest BCUT2D eigenvalue weighted by Gasteiger charge is 2.22. The summed E-state index contributed by atoms with van der Waals surface area (Å²) in [4.78, 5) is 0. The van der Waals surface area contributed by atoms with Gasteiger partial charge in [0.15, 0.2) is 0 Å². The zero-order chi connectivity index (χ0) is 11.1. The van der Waals surface area contributed by atoms with Crippen molar-refractivity contribution >= 4 is 0 Å². The first-order chi connectivity index (χ1) is 7.97. The van der Waals surface area contributed by atoms with E-state index in [-0.39, 0.29) is 0 Å². The summed E-state index contributed by atoms with van der Waals surface area (Å²) in [5.41, 5.74) is 0. The van der Waals surface area contributed by atoms with E-state index < -0.39 is 0 Å². The SMILES string of the molecule is C1CCCC(C2CCCCCOC2)CCC1. The highest BCUT2D eigenvalue weighted by atomic mass is 16.5. The minimum absolute atomic E-state index is 0.887. The summed E-state index contributed by atoms with van der Waals surface area (Å²) < 4.78 is 5.81. The molecule has 0 amide bonds. The maximum Gasteiger partial charge on any atom is 0.0496 e. The number of ether oxygens (including phenoxy) is 1. The molecule has 1 nitrogen and oxygen atoms in total. The fourth-order valence-corrected chi connectivity index (χ4v) is 3.44. The molecule has 1 unspecified atom stereocenters. The average molecular weight is 224 g/mol. The smallest absolute Gasteiger partial charge is 0.0496 e. The van der Waals surface area contributed by atoms with Crippen LogP contribution in [0.3, 0.4) is 0 Å². The topological polar surface area (TPSA) is 9.23 Å². The molecule has 1 saturated heterocycles. The fraction of sp³-hybridized carbons (Fsp3) is 1.00. The van der Waals surface area contributed by atoms with Crippen LogP contribution in [0.15, 0.2) is 0 Å².